The highest BCUT2D eigenvalue weighted by Crippen LogP contribution is 2.21. The number of rotatable bonds is 3. The van der Waals surface area contributed by atoms with Crippen LogP contribution in [-0.4, -0.2) is 0 Å². The average Bonchev–Trinajstić information content (AvgIpc) is 2.32. The Bertz CT molecular complexity index is 537. The van der Waals surface area contributed by atoms with Crippen LogP contribution in [0.25, 0.3) is 0 Å². The molecule has 0 fully saturated rings. The monoisotopic (exact) mass is 263 g/mol. The van der Waals surface area contributed by atoms with Crippen LogP contribution in [0.3, 0.4) is 0 Å². The Morgan fingerprint density at radius 2 is 1.83 bits per heavy atom. The zero-order valence-corrected chi connectivity index (χ0v) is 10.9. The molecule has 3 heteroatoms. The molecular formula is C15H15ClFN. The van der Waals surface area contributed by atoms with E-state index in [0.717, 1.165) is 16.7 Å². The van der Waals surface area contributed by atoms with Gasteiger partial charge in [-0.3, -0.25) is 0 Å². The van der Waals surface area contributed by atoms with Crippen molar-refractivity contribution in [1.29, 1.82) is 0 Å². The normalized spacial score (nSPS) is 12.4. The highest BCUT2D eigenvalue weighted by Gasteiger charge is 2.10. The van der Waals surface area contributed by atoms with Crippen LogP contribution in [0.4, 0.5) is 4.39 Å². The number of aryl methyl sites for hydroxylation is 1. The number of hydrogen-bond donors (Lipinski definition) is 1. The molecule has 1 unspecified atom stereocenters. The maximum atomic E-state index is 13.0. The fourth-order valence-electron chi connectivity index (χ4n) is 2.04. The molecule has 2 rings (SSSR count). The zero-order valence-electron chi connectivity index (χ0n) is 10.2. The van der Waals surface area contributed by atoms with Crippen molar-refractivity contribution in [3.05, 3.63) is 70.0 Å². The van der Waals surface area contributed by atoms with Gasteiger partial charge in [0.25, 0.3) is 0 Å². The van der Waals surface area contributed by atoms with Crippen molar-refractivity contribution in [3.63, 3.8) is 0 Å². The minimum atomic E-state index is -0.227. The molecule has 1 atom stereocenters. The molecule has 94 valence electrons. The van der Waals surface area contributed by atoms with Gasteiger partial charge in [0.2, 0.25) is 0 Å². The van der Waals surface area contributed by atoms with E-state index in [9.17, 15) is 4.39 Å². The molecule has 2 aromatic rings. The van der Waals surface area contributed by atoms with Gasteiger partial charge in [-0.25, -0.2) is 4.39 Å². The molecule has 0 saturated heterocycles. The summed E-state index contributed by atoms with van der Waals surface area (Å²) in [6.07, 6.45) is 0.712. The molecule has 0 spiro atoms. The van der Waals surface area contributed by atoms with Gasteiger partial charge in [0.1, 0.15) is 5.82 Å². The van der Waals surface area contributed by atoms with Gasteiger partial charge in [0, 0.05) is 11.1 Å². The standard InChI is InChI=1S/C15H15ClFN/c1-10-8-13(17)6-7-14(10)15(18)9-11-2-4-12(16)5-3-11/h2-8,15H,9,18H2,1H3. The van der Waals surface area contributed by atoms with E-state index in [1.54, 1.807) is 6.07 Å². The summed E-state index contributed by atoms with van der Waals surface area (Å²) in [7, 11) is 0. The average molecular weight is 264 g/mol. The molecule has 18 heavy (non-hydrogen) atoms. The van der Waals surface area contributed by atoms with Gasteiger partial charge in [-0.2, -0.15) is 0 Å². The van der Waals surface area contributed by atoms with Gasteiger partial charge < -0.3 is 5.73 Å². The van der Waals surface area contributed by atoms with E-state index >= 15 is 0 Å². The Balaban J connectivity index is 2.16. The van der Waals surface area contributed by atoms with Crippen LogP contribution in [-0.2, 0) is 6.42 Å². The second kappa shape index (κ2) is 5.51. The molecule has 0 radical (unpaired) electrons. The van der Waals surface area contributed by atoms with Crippen LogP contribution < -0.4 is 5.73 Å². The summed E-state index contributed by atoms with van der Waals surface area (Å²) in [6, 6.07) is 12.2. The third-order valence-electron chi connectivity index (χ3n) is 3.00. The largest absolute Gasteiger partial charge is 0.324 e. The Morgan fingerprint density at radius 1 is 1.17 bits per heavy atom. The topological polar surface area (TPSA) is 26.0 Å². The summed E-state index contributed by atoms with van der Waals surface area (Å²) < 4.78 is 13.0. The Hall–Kier alpha value is -1.38. The predicted molar refractivity (Wildman–Crippen MR) is 73.2 cm³/mol. The first-order chi connectivity index (χ1) is 8.56. The number of halogens is 2. The van der Waals surface area contributed by atoms with Crippen molar-refractivity contribution in [3.8, 4) is 0 Å². The van der Waals surface area contributed by atoms with Crippen molar-refractivity contribution in [2.24, 2.45) is 5.73 Å². The summed E-state index contributed by atoms with van der Waals surface area (Å²) in [5.74, 6) is -0.227. The van der Waals surface area contributed by atoms with E-state index in [1.165, 1.54) is 12.1 Å². The van der Waals surface area contributed by atoms with E-state index in [-0.39, 0.29) is 11.9 Å². The minimum absolute atomic E-state index is 0.133. The number of nitrogens with two attached hydrogens (primary N) is 1. The Labute approximate surface area is 111 Å². The highest BCUT2D eigenvalue weighted by molar-refractivity contribution is 6.30. The van der Waals surface area contributed by atoms with E-state index in [1.807, 2.05) is 31.2 Å². The quantitative estimate of drug-likeness (QED) is 0.889. The first-order valence-corrected chi connectivity index (χ1v) is 6.20. The molecular weight excluding hydrogens is 249 g/mol. The Kier molecular flexibility index (Phi) is 4.00. The molecule has 0 amide bonds. The summed E-state index contributed by atoms with van der Waals surface area (Å²) >= 11 is 5.83. The summed E-state index contributed by atoms with van der Waals surface area (Å²) in [5.41, 5.74) is 9.15. The van der Waals surface area contributed by atoms with Crippen LogP contribution in [0.1, 0.15) is 22.7 Å². The molecule has 2 N–H and O–H groups in total. The van der Waals surface area contributed by atoms with E-state index in [2.05, 4.69) is 0 Å². The molecule has 0 saturated carbocycles. The van der Waals surface area contributed by atoms with Crippen LogP contribution in [0.2, 0.25) is 5.02 Å². The smallest absolute Gasteiger partial charge is 0.123 e. The number of hydrogen-bond acceptors (Lipinski definition) is 1. The SMILES string of the molecule is Cc1cc(F)ccc1C(N)Cc1ccc(Cl)cc1. The van der Waals surface area contributed by atoms with E-state index in [0.29, 0.717) is 11.4 Å². The van der Waals surface area contributed by atoms with Crippen molar-refractivity contribution < 1.29 is 4.39 Å². The lowest BCUT2D eigenvalue weighted by Gasteiger charge is -2.15. The molecule has 0 aromatic heterocycles. The maximum absolute atomic E-state index is 13.0. The second-order valence-corrected chi connectivity index (χ2v) is 4.87. The third-order valence-corrected chi connectivity index (χ3v) is 3.25. The fraction of sp³-hybridized carbons (Fsp3) is 0.200. The third kappa shape index (κ3) is 3.09. The molecule has 0 aliphatic heterocycles. The lowest BCUT2D eigenvalue weighted by atomic mass is 9.96. The van der Waals surface area contributed by atoms with E-state index < -0.39 is 0 Å². The molecule has 0 aliphatic rings. The zero-order chi connectivity index (χ0) is 13.1. The van der Waals surface area contributed by atoms with Gasteiger partial charge in [-0.05, 0) is 54.3 Å². The molecule has 0 bridgehead atoms. The maximum Gasteiger partial charge on any atom is 0.123 e. The lowest BCUT2D eigenvalue weighted by Crippen LogP contribution is -2.14. The van der Waals surface area contributed by atoms with Gasteiger partial charge in [-0.15, -0.1) is 0 Å². The highest BCUT2D eigenvalue weighted by atomic mass is 35.5. The molecule has 1 nitrogen and oxygen atoms in total. The summed E-state index contributed by atoms with van der Waals surface area (Å²) in [6.45, 7) is 1.88. The summed E-state index contributed by atoms with van der Waals surface area (Å²) in [4.78, 5) is 0. The first-order valence-electron chi connectivity index (χ1n) is 5.82. The van der Waals surface area contributed by atoms with Crippen LogP contribution in [0.15, 0.2) is 42.5 Å². The Morgan fingerprint density at radius 3 is 2.44 bits per heavy atom. The van der Waals surface area contributed by atoms with Crippen LogP contribution in [0, 0.1) is 12.7 Å². The van der Waals surface area contributed by atoms with Gasteiger partial charge in [-0.1, -0.05) is 29.8 Å². The van der Waals surface area contributed by atoms with Crippen molar-refractivity contribution in [2.45, 2.75) is 19.4 Å². The van der Waals surface area contributed by atoms with Crippen molar-refractivity contribution in [1.82, 2.24) is 0 Å². The van der Waals surface area contributed by atoms with Crippen molar-refractivity contribution in [2.75, 3.05) is 0 Å². The lowest BCUT2D eigenvalue weighted by molar-refractivity contribution is 0.622. The summed E-state index contributed by atoms with van der Waals surface area (Å²) in [5, 5.41) is 0.713. The van der Waals surface area contributed by atoms with E-state index in [4.69, 9.17) is 17.3 Å². The molecule has 0 heterocycles. The van der Waals surface area contributed by atoms with Crippen LogP contribution >= 0.6 is 11.6 Å². The van der Waals surface area contributed by atoms with Gasteiger partial charge in [0.15, 0.2) is 0 Å². The van der Waals surface area contributed by atoms with Gasteiger partial charge in [0.05, 0.1) is 0 Å². The molecule has 2 aromatic carbocycles. The van der Waals surface area contributed by atoms with Crippen LogP contribution in [0.5, 0.6) is 0 Å². The second-order valence-electron chi connectivity index (χ2n) is 4.44. The first kappa shape index (κ1) is 13.1. The minimum Gasteiger partial charge on any atom is -0.324 e. The number of benzene rings is 2. The predicted octanol–water partition coefficient (Wildman–Crippen LogP) is 4.03. The fourth-order valence-corrected chi connectivity index (χ4v) is 2.17. The molecule has 0 aliphatic carbocycles. The van der Waals surface area contributed by atoms with Crippen molar-refractivity contribution >= 4 is 11.6 Å². The van der Waals surface area contributed by atoms with Gasteiger partial charge >= 0.3 is 0 Å².